The maximum Gasteiger partial charge on any atom is 0.146 e. The van der Waals surface area contributed by atoms with Crippen molar-refractivity contribution in [2.24, 2.45) is 0 Å². The van der Waals surface area contributed by atoms with Gasteiger partial charge in [-0.15, -0.1) is 0 Å². The van der Waals surface area contributed by atoms with E-state index in [2.05, 4.69) is 19.6 Å². The summed E-state index contributed by atoms with van der Waals surface area (Å²) < 4.78 is 10.3. The summed E-state index contributed by atoms with van der Waals surface area (Å²) in [5.74, 6) is 0.884. The molecule has 0 rings (SSSR count). The maximum atomic E-state index is 5.17. The van der Waals surface area contributed by atoms with Gasteiger partial charge in [-0.25, -0.2) is 0 Å². The summed E-state index contributed by atoms with van der Waals surface area (Å²) in [5.41, 5.74) is 0. The van der Waals surface area contributed by atoms with E-state index in [4.69, 9.17) is 9.47 Å². The quantitative estimate of drug-likeness (QED) is 0.348. The summed E-state index contributed by atoms with van der Waals surface area (Å²) in [6.07, 6.45) is 3.30. The molecule has 0 saturated heterocycles. The Bertz CT molecular complexity index is 61.1. The Morgan fingerprint density at radius 2 is 1.73 bits per heavy atom. The van der Waals surface area contributed by atoms with Crippen LogP contribution in [0.2, 0.25) is 0 Å². The van der Waals surface area contributed by atoms with Gasteiger partial charge in [0.05, 0.1) is 6.61 Å². The second kappa shape index (κ2) is 10.3. The Morgan fingerprint density at radius 3 is 2.27 bits per heavy atom. The highest BCUT2D eigenvalue weighted by molar-refractivity contribution is 7.80. The zero-order valence-corrected chi connectivity index (χ0v) is 8.11. The molecule has 0 unspecified atom stereocenters. The summed E-state index contributed by atoms with van der Waals surface area (Å²) in [4.78, 5) is 0. The van der Waals surface area contributed by atoms with Crippen LogP contribution in [0.15, 0.2) is 0 Å². The van der Waals surface area contributed by atoms with E-state index in [0.717, 1.165) is 31.8 Å². The zero-order chi connectivity index (χ0) is 8.36. The molecule has 0 atom stereocenters. The fourth-order valence-corrected chi connectivity index (χ4v) is 0.719. The first-order valence-corrected chi connectivity index (χ1v) is 4.81. The van der Waals surface area contributed by atoms with E-state index in [1.165, 1.54) is 6.42 Å². The van der Waals surface area contributed by atoms with Crippen molar-refractivity contribution in [3.8, 4) is 0 Å². The summed E-state index contributed by atoms with van der Waals surface area (Å²) >= 11 is 4.06. The van der Waals surface area contributed by atoms with Crippen molar-refractivity contribution in [2.45, 2.75) is 26.2 Å². The van der Waals surface area contributed by atoms with Crippen molar-refractivity contribution in [1.82, 2.24) is 0 Å². The average molecular weight is 178 g/mol. The number of ether oxygens (including phenoxy) is 2. The summed E-state index contributed by atoms with van der Waals surface area (Å²) in [6.45, 7) is 4.16. The van der Waals surface area contributed by atoms with E-state index < -0.39 is 0 Å². The molecule has 0 bridgehead atoms. The van der Waals surface area contributed by atoms with Gasteiger partial charge in [0, 0.05) is 6.61 Å². The Labute approximate surface area is 74.7 Å². The lowest BCUT2D eigenvalue weighted by molar-refractivity contribution is -0.0538. The van der Waals surface area contributed by atoms with E-state index in [1.54, 1.807) is 0 Å². The van der Waals surface area contributed by atoms with Gasteiger partial charge in [-0.05, 0) is 18.6 Å². The number of unbranched alkanes of at least 4 members (excludes halogenated alkanes) is 1. The Morgan fingerprint density at radius 1 is 1.09 bits per heavy atom. The largest absolute Gasteiger partial charge is 0.355 e. The van der Waals surface area contributed by atoms with Gasteiger partial charge in [0.2, 0.25) is 0 Å². The topological polar surface area (TPSA) is 18.5 Å². The maximum absolute atomic E-state index is 5.17. The molecule has 0 aliphatic carbocycles. The molecule has 0 fully saturated rings. The zero-order valence-electron chi connectivity index (χ0n) is 7.21. The number of hydrogen-bond donors (Lipinski definition) is 1. The molecule has 0 heterocycles. The van der Waals surface area contributed by atoms with E-state index in [0.29, 0.717) is 6.79 Å². The SMILES string of the molecule is CCCCOCOCCCS. The van der Waals surface area contributed by atoms with Crippen LogP contribution in [0, 0.1) is 0 Å². The van der Waals surface area contributed by atoms with E-state index in [1.807, 2.05) is 0 Å². The molecule has 0 aromatic carbocycles. The Hall–Kier alpha value is 0.270. The number of hydrogen-bond acceptors (Lipinski definition) is 3. The van der Waals surface area contributed by atoms with Crippen LogP contribution in [0.25, 0.3) is 0 Å². The standard InChI is InChI=1S/C8H18O2S/c1-2-3-5-9-8-10-6-4-7-11/h11H,2-8H2,1H3. The lowest BCUT2D eigenvalue weighted by Crippen LogP contribution is -2.02. The Kier molecular flexibility index (Phi) is 10.5. The molecule has 0 radical (unpaired) electrons. The molecule has 3 heteroatoms. The van der Waals surface area contributed by atoms with E-state index in [9.17, 15) is 0 Å². The van der Waals surface area contributed by atoms with Gasteiger partial charge >= 0.3 is 0 Å². The van der Waals surface area contributed by atoms with Crippen molar-refractivity contribution >= 4 is 12.6 Å². The lowest BCUT2D eigenvalue weighted by atomic mass is 10.4. The highest BCUT2D eigenvalue weighted by Gasteiger charge is 1.87. The minimum Gasteiger partial charge on any atom is -0.355 e. The van der Waals surface area contributed by atoms with Crippen molar-refractivity contribution in [3.63, 3.8) is 0 Å². The van der Waals surface area contributed by atoms with Crippen LogP contribution in [-0.4, -0.2) is 25.8 Å². The van der Waals surface area contributed by atoms with E-state index >= 15 is 0 Å². The van der Waals surface area contributed by atoms with Crippen molar-refractivity contribution < 1.29 is 9.47 Å². The van der Waals surface area contributed by atoms with Crippen LogP contribution >= 0.6 is 12.6 Å². The highest BCUT2D eigenvalue weighted by Crippen LogP contribution is 1.89. The molecule has 0 aromatic heterocycles. The fourth-order valence-electron chi connectivity index (χ4n) is 0.590. The predicted octanol–water partition coefficient (Wildman–Crippen LogP) is 2.10. The van der Waals surface area contributed by atoms with Gasteiger partial charge in [0.1, 0.15) is 6.79 Å². The van der Waals surface area contributed by atoms with Gasteiger partial charge in [0.25, 0.3) is 0 Å². The highest BCUT2D eigenvalue weighted by atomic mass is 32.1. The van der Waals surface area contributed by atoms with Crippen molar-refractivity contribution in [2.75, 3.05) is 25.8 Å². The van der Waals surface area contributed by atoms with Crippen LogP contribution in [0.3, 0.4) is 0 Å². The molecular formula is C8H18O2S. The van der Waals surface area contributed by atoms with Crippen LogP contribution < -0.4 is 0 Å². The van der Waals surface area contributed by atoms with Crippen molar-refractivity contribution in [1.29, 1.82) is 0 Å². The van der Waals surface area contributed by atoms with Crippen LogP contribution in [0.5, 0.6) is 0 Å². The molecule has 0 aliphatic rings. The number of thiol groups is 1. The molecule has 0 aliphatic heterocycles. The normalized spacial score (nSPS) is 10.4. The molecule has 2 nitrogen and oxygen atoms in total. The minimum atomic E-state index is 0.438. The Balaban J connectivity index is 2.69. The first kappa shape index (κ1) is 11.3. The summed E-state index contributed by atoms with van der Waals surface area (Å²) in [7, 11) is 0. The molecule has 0 aromatic rings. The molecule has 11 heavy (non-hydrogen) atoms. The minimum absolute atomic E-state index is 0.438. The lowest BCUT2D eigenvalue weighted by Gasteiger charge is -2.03. The van der Waals surface area contributed by atoms with Gasteiger partial charge < -0.3 is 9.47 Å². The predicted molar refractivity (Wildman–Crippen MR) is 50.1 cm³/mol. The summed E-state index contributed by atoms with van der Waals surface area (Å²) in [5, 5.41) is 0. The second-order valence-corrected chi connectivity index (χ2v) is 2.81. The average Bonchev–Trinajstić information content (AvgIpc) is 2.03. The first-order chi connectivity index (χ1) is 5.41. The first-order valence-electron chi connectivity index (χ1n) is 4.18. The molecule has 0 spiro atoms. The van der Waals surface area contributed by atoms with Crippen LogP contribution in [0.4, 0.5) is 0 Å². The third-order valence-corrected chi connectivity index (χ3v) is 1.57. The van der Waals surface area contributed by atoms with Crippen molar-refractivity contribution in [3.05, 3.63) is 0 Å². The van der Waals surface area contributed by atoms with Gasteiger partial charge in [0.15, 0.2) is 0 Å². The van der Waals surface area contributed by atoms with Crippen LogP contribution in [-0.2, 0) is 9.47 Å². The number of rotatable bonds is 8. The smallest absolute Gasteiger partial charge is 0.146 e. The molecule has 0 amide bonds. The van der Waals surface area contributed by atoms with Gasteiger partial charge in [-0.3, -0.25) is 0 Å². The summed E-state index contributed by atoms with van der Waals surface area (Å²) in [6, 6.07) is 0. The monoisotopic (exact) mass is 178 g/mol. The third-order valence-electron chi connectivity index (χ3n) is 1.26. The molecular weight excluding hydrogens is 160 g/mol. The molecule has 68 valence electrons. The van der Waals surface area contributed by atoms with Gasteiger partial charge in [-0.2, -0.15) is 12.6 Å². The molecule has 0 N–H and O–H groups in total. The third kappa shape index (κ3) is 10.3. The van der Waals surface area contributed by atoms with E-state index in [-0.39, 0.29) is 0 Å². The second-order valence-electron chi connectivity index (χ2n) is 2.37. The molecule has 0 saturated carbocycles. The van der Waals surface area contributed by atoms with Gasteiger partial charge in [-0.1, -0.05) is 13.3 Å². The van der Waals surface area contributed by atoms with Crippen LogP contribution in [0.1, 0.15) is 26.2 Å². The fraction of sp³-hybridized carbons (Fsp3) is 1.00.